The number of furan rings is 1. The molecule has 0 saturated carbocycles. The number of sulfonamides is 1. The smallest absolute Gasteiger partial charge is 0.241 e. The fraction of sp³-hybridized carbons (Fsp3) is 0.231. The lowest BCUT2D eigenvalue weighted by Crippen LogP contribution is -2.26. The lowest BCUT2D eigenvalue weighted by molar-refractivity contribution is 0.282. The molecule has 2 aromatic rings. The first-order valence-electron chi connectivity index (χ1n) is 5.78. The maximum absolute atomic E-state index is 12.1. The van der Waals surface area contributed by atoms with E-state index in [0.29, 0.717) is 11.3 Å². The van der Waals surface area contributed by atoms with Crippen LogP contribution in [0.4, 0.5) is 0 Å². The van der Waals surface area contributed by atoms with Crippen molar-refractivity contribution < 1.29 is 17.9 Å². The van der Waals surface area contributed by atoms with E-state index in [9.17, 15) is 8.42 Å². The van der Waals surface area contributed by atoms with Gasteiger partial charge in [0.15, 0.2) is 0 Å². The first kappa shape index (κ1) is 13.8. The highest BCUT2D eigenvalue weighted by molar-refractivity contribution is 7.89. The Labute approximate surface area is 111 Å². The molecule has 0 aliphatic rings. The number of hydrogen-bond donors (Lipinski definition) is 2. The highest BCUT2D eigenvalue weighted by Crippen LogP contribution is 2.17. The fourth-order valence-corrected chi connectivity index (χ4v) is 2.88. The summed E-state index contributed by atoms with van der Waals surface area (Å²) in [6.45, 7) is 1.59. The first-order valence-corrected chi connectivity index (χ1v) is 7.27. The molecule has 0 aliphatic carbocycles. The number of hydrogen-bond acceptors (Lipinski definition) is 4. The van der Waals surface area contributed by atoms with Crippen molar-refractivity contribution in [2.75, 3.05) is 0 Å². The Balaban J connectivity index is 2.17. The zero-order valence-electron chi connectivity index (χ0n) is 10.4. The summed E-state index contributed by atoms with van der Waals surface area (Å²) in [6, 6.07) is 9.04. The van der Waals surface area contributed by atoms with Gasteiger partial charge in [-0.05, 0) is 36.8 Å². The molecule has 19 heavy (non-hydrogen) atoms. The van der Waals surface area contributed by atoms with Gasteiger partial charge in [0, 0.05) is 0 Å². The minimum atomic E-state index is -3.60. The average molecular weight is 281 g/mol. The van der Waals surface area contributed by atoms with Gasteiger partial charge in [0.1, 0.15) is 5.76 Å². The summed E-state index contributed by atoms with van der Waals surface area (Å²) in [4.78, 5) is 0.156. The van der Waals surface area contributed by atoms with Crippen molar-refractivity contribution >= 4 is 10.0 Å². The summed E-state index contributed by atoms with van der Waals surface area (Å²) < 4.78 is 31.9. The van der Waals surface area contributed by atoms with E-state index in [4.69, 9.17) is 9.52 Å². The van der Waals surface area contributed by atoms with Gasteiger partial charge in [-0.3, -0.25) is 0 Å². The molecule has 0 bridgehead atoms. The standard InChI is InChI=1S/C13H15NO4S/c1-10(13-3-2-8-18-13)14-19(16,17)12-6-4-11(9-15)5-7-12/h2-8,10,14-15H,9H2,1H3. The van der Waals surface area contributed by atoms with Gasteiger partial charge in [-0.2, -0.15) is 0 Å². The molecule has 1 aromatic heterocycles. The molecule has 2 rings (SSSR count). The average Bonchev–Trinajstić information content (AvgIpc) is 2.92. The van der Waals surface area contributed by atoms with Crippen molar-refractivity contribution in [2.24, 2.45) is 0 Å². The van der Waals surface area contributed by atoms with Crippen LogP contribution in [0.2, 0.25) is 0 Å². The van der Waals surface area contributed by atoms with E-state index in [0.717, 1.165) is 0 Å². The Morgan fingerprint density at radius 2 is 1.95 bits per heavy atom. The van der Waals surface area contributed by atoms with Crippen molar-refractivity contribution in [3.63, 3.8) is 0 Å². The van der Waals surface area contributed by atoms with Gasteiger partial charge in [-0.25, -0.2) is 13.1 Å². The van der Waals surface area contributed by atoms with Crippen LogP contribution in [0.25, 0.3) is 0 Å². The normalized spacial score (nSPS) is 13.4. The molecule has 6 heteroatoms. The van der Waals surface area contributed by atoms with Crippen LogP contribution in [0.3, 0.4) is 0 Å². The second-order valence-corrected chi connectivity index (χ2v) is 5.87. The van der Waals surface area contributed by atoms with Gasteiger partial charge in [0.2, 0.25) is 10.0 Å². The predicted molar refractivity (Wildman–Crippen MR) is 69.8 cm³/mol. The van der Waals surface area contributed by atoms with Gasteiger partial charge in [-0.1, -0.05) is 12.1 Å². The Kier molecular flexibility index (Phi) is 4.04. The van der Waals surface area contributed by atoms with Crippen molar-refractivity contribution in [2.45, 2.75) is 24.5 Å². The van der Waals surface area contributed by atoms with Gasteiger partial charge < -0.3 is 9.52 Å². The van der Waals surface area contributed by atoms with E-state index in [-0.39, 0.29) is 11.5 Å². The molecule has 0 aliphatic heterocycles. The van der Waals surface area contributed by atoms with Crippen LogP contribution in [0, 0.1) is 0 Å². The van der Waals surface area contributed by atoms with E-state index in [1.54, 1.807) is 31.2 Å². The maximum atomic E-state index is 12.1. The van der Waals surface area contributed by atoms with Gasteiger partial charge in [0.05, 0.1) is 23.8 Å². The Morgan fingerprint density at radius 3 is 2.47 bits per heavy atom. The lowest BCUT2D eigenvalue weighted by atomic mass is 10.2. The summed E-state index contributed by atoms with van der Waals surface area (Å²) >= 11 is 0. The third-order valence-corrected chi connectivity index (χ3v) is 4.27. The Bertz CT molecular complexity index is 617. The summed E-state index contributed by atoms with van der Waals surface area (Å²) in [5.41, 5.74) is 0.665. The molecular formula is C13H15NO4S. The van der Waals surface area contributed by atoms with E-state index >= 15 is 0 Å². The maximum Gasteiger partial charge on any atom is 0.241 e. The van der Waals surface area contributed by atoms with E-state index in [1.165, 1.54) is 18.4 Å². The van der Waals surface area contributed by atoms with Crippen molar-refractivity contribution in [3.8, 4) is 0 Å². The molecule has 0 fully saturated rings. The third kappa shape index (κ3) is 3.23. The molecule has 0 amide bonds. The van der Waals surface area contributed by atoms with E-state index in [1.807, 2.05) is 0 Å². The van der Waals surface area contributed by atoms with Crippen LogP contribution in [-0.4, -0.2) is 13.5 Å². The van der Waals surface area contributed by atoms with Crippen LogP contribution in [-0.2, 0) is 16.6 Å². The van der Waals surface area contributed by atoms with Crippen molar-refractivity contribution in [1.82, 2.24) is 4.72 Å². The monoisotopic (exact) mass is 281 g/mol. The molecule has 1 unspecified atom stereocenters. The Hall–Kier alpha value is -1.63. The SMILES string of the molecule is CC(NS(=O)(=O)c1ccc(CO)cc1)c1ccco1. The highest BCUT2D eigenvalue weighted by Gasteiger charge is 2.19. The van der Waals surface area contributed by atoms with E-state index in [2.05, 4.69) is 4.72 Å². The number of nitrogens with one attached hydrogen (secondary N) is 1. The van der Waals surface area contributed by atoms with Gasteiger partial charge in [-0.15, -0.1) is 0 Å². The minimum Gasteiger partial charge on any atom is -0.468 e. The number of benzene rings is 1. The number of aliphatic hydroxyl groups excluding tert-OH is 1. The summed E-state index contributed by atoms with van der Waals surface area (Å²) in [7, 11) is -3.60. The summed E-state index contributed by atoms with van der Waals surface area (Å²) in [5, 5.41) is 8.92. The molecule has 2 N–H and O–H groups in total. The van der Waals surface area contributed by atoms with Crippen LogP contribution in [0.5, 0.6) is 0 Å². The van der Waals surface area contributed by atoms with Crippen LogP contribution >= 0.6 is 0 Å². The molecule has 0 spiro atoms. The second kappa shape index (κ2) is 5.56. The van der Waals surface area contributed by atoms with Crippen LogP contribution in [0.1, 0.15) is 24.3 Å². The molecule has 1 aromatic carbocycles. The molecule has 0 radical (unpaired) electrons. The summed E-state index contributed by atoms with van der Waals surface area (Å²) in [6.07, 6.45) is 1.50. The number of rotatable bonds is 5. The molecule has 102 valence electrons. The molecule has 0 saturated heterocycles. The molecular weight excluding hydrogens is 266 g/mol. The molecule has 5 nitrogen and oxygen atoms in total. The van der Waals surface area contributed by atoms with Gasteiger partial charge >= 0.3 is 0 Å². The Morgan fingerprint density at radius 1 is 1.26 bits per heavy atom. The zero-order chi connectivity index (χ0) is 13.9. The zero-order valence-corrected chi connectivity index (χ0v) is 11.2. The van der Waals surface area contributed by atoms with Crippen molar-refractivity contribution in [1.29, 1.82) is 0 Å². The van der Waals surface area contributed by atoms with Crippen molar-refractivity contribution in [3.05, 3.63) is 54.0 Å². The second-order valence-electron chi connectivity index (χ2n) is 4.16. The number of aliphatic hydroxyl groups is 1. The lowest BCUT2D eigenvalue weighted by Gasteiger charge is -2.12. The fourth-order valence-electron chi connectivity index (χ4n) is 1.67. The topological polar surface area (TPSA) is 79.5 Å². The predicted octanol–water partition coefficient (Wildman–Crippen LogP) is 1.81. The largest absolute Gasteiger partial charge is 0.468 e. The van der Waals surface area contributed by atoms with Crippen LogP contribution < -0.4 is 4.72 Å². The first-order chi connectivity index (χ1) is 9.03. The minimum absolute atomic E-state index is 0.115. The third-order valence-electron chi connectivity index (χ3n) is 2.72. The van der Waals surface area contributed by atoms with Crippen LogP contribution in [0.15, 0.2) is 52.0 Å². The van der Waals surface area contributed by atoms with E-state index < -0.39 is 16.1 Å². The molecule has 1 atom stereocenters. The summed E-state index contributed by atoms with van der Waals surface area (Å²) in [5.74, 6) is 0.551. The highest BCUT2D eigenvalue weighted by atomic mass is 32.2. The molecule has 1 heterocycles. The van der Waals surface area contributed by atoms with Gasteiger partial charge in [0.25, 0.3) is 0 Å². The quantitative estimate of drug-likeness (QED) is 0.876.